The molecule has 466 valence electrons. The van der Waals surface area contributed by atoms with E-state index in [1.165, 1.54) is 165 Å². The van der Waals surface area contributed by atoms with Crippen LogP contribution in [-0.2, 0) is 32.5 Å². The second-order valence-electron chi connectivity index (χ2n) is 32.7. The first kappa shape index (κ1) is 59.9. The van der Waals surface area contributed by atoms with Crippen LogP contribution in [0.25, 0.3) is 72.0 Å². The number of para-hydroxylation sites is 1. The predicted molar refractivity (Wildman–Crippen MR) is 405 cm³/mol. The maximum atomic E-state index is 2.62. The topological polar surface area (TPSA) is 11.4 Å². The summed E-state index contributed by atoms with van der Waals surface area (Å²) in [4.78, 5) is 5.23. The number of aromatic nitrogens is 1. The van der Waals surface area contributed by atoms with Crippen LogP contribution in [0.15, 0.2) is 231 Å². The van der Waals surface area contributed by atoms with Crippen LogP contribution in [0.3, 0.4) is 0 Å². The predicted octanol–water partition coefficient (Wildman–Crippen LogP) is 22.8. The molecular weight excluding hydrogens is 1130 g/mol. The van der Waals surface area contributed by atoms with Gasteiger partial charge in [-0.05, 0) is 225 Å². The van der Waals surface area contributed by atoms with Gasteiger partial charge in [0.1, 0.15) is 0 Å². The van der Waals surface area contributed by atoms with Crippen molar-refractivity contribution in [3.8, 4) is 50.2 Å². The average Bonchev–Trinajstić information content (AvgIpc) is 0.791. The molecule has 2 aliphatic carbocycles. The lowest BCUT2D eigenvalue weighted by Gasteiger charge is -2.44. The van der Waals surface area contributed by atoms with Crippen molar-refractivity contribution < 1.29 is 0 Å². The molecule has 16 rings (SSSR count). The molecule has 4 heteroatoms. The fourth-order valence-corrected chi connectivity index (χ4v) is 16.7. The number of benzene rings is 11. The summed E-state index contributed by atoms with van der Waals surface area (Å²) in [5.74, 6) is 0. The van der Waals surface area contributed by atoms with Crippen molar-refractivity contribution in [2.75, 3.05) is 9.80 Å². The molecule has 0 amide bonds. The Morgan fingerprint density at radius 2 is 0.713 bits per heavy atom. The zero-order valence-electron chi connectivity index (χ0n) is 57.7. The number of anilines is 6. The molecule has 0 fully saturated rings. The third-order valence-corrected chi connectivity index (χ3v) is 22.6. The molecule has 1 aromatic heterocycles. The molecule has 4 aliphatic rings. The highest BCUT2D eigenvalue weighted by Gasteiger charge is 2.45. The number of hydrogen-bond acceptors (Lipinski definition) is 2. The van der Waals surface area contributed by atoms with Crippen LogP contribution in [0.1, 0.15) is 156 Å². The van der Waals surface area contributed by atoms with Gasteiger partial charge in [-0.25, -0.2) is 0 Å². The fourth-order valence-electron chi connectivity index (χ4n) is 16.7. The standard InChI is InChI=1S/C90H88BN3/c1-85(2,3)65-24-20-23-60(49-65)63-33-42-76-80(52-63)92(67-35-27-58(28-36-67)61-31-40-72-74(50-61)89(11,12)47-45-87(72,7)8)82-53-64(57-21-16-15-17-22-57)54-83-84(82)91(76)77-43-39-69(94-78-26-19-18-25-70(78)71-55-66(86(4,5)6)34-44-79(71)94)56-81(77)93(83)68-37-29-59(30-38-68)62-32-41-73-75(51-62)90(13,14)48-46-88(73,9)10/h15-44,49-56H,45-48H2,1-14H3. The third kappa shape index (κ3) is 9.74. The second-order valence-corrected chi connectivity index (χ2v) is 32.7. The van der Waals surface area contributed by atoms with Gasteiger partial charge in [-0.15, -0.1) is 0 Å². The Bertz CT molecular complexity index is 5040. The third-order valence-electron chi connectivity index (χ3n) is 22.6. The minimum Gasteiger partial charge on any atom is -0.311 e. The van der Waals surface area contributed by atoms with Crippen LogP contribution in [-0.4, -0.2) is 11.3 Å². The molecule has 0 bridgehead atoms. The molecule has 12 aromatic rings. The van der Waals surface area contributed by atoms with E-state index < -0.39 is 0 Å². The van der Waals surface area contributed by atoms with Crippen molar-refractivity contribution in [3.63, 3.8) is 0 Å². The zero-order chi connectivity index (χ0) is 65.2. The maximum absolute atomic E-state index is 2.62. The van der Waals surface area contributed by atoms with Crippen molar-refractivity contribution in [3.05, 3.63) is 264 Å². The number of fused-ring (bicyclic) bond motifs is 9. The molecule has 3 heterocycles. The molecule has 0 saturated heterocycles. The highest BCUT2D eigenvalue weighted by atomic mass is 15.2. The molecule has 3 nitrogen and oxygen atoms in total. The van der Waals surface area contributed by atoms with Gasteiger partial charge in [0.25, 0.3) is 6.71 Å². The SMILES string of the molecule is CC(C)(C)c1cccc(-c2ccc3c(c2)N(c2ccc(-c4ccc5c(c4)C(C)(C)CCC5(C)C)cc2)c2cc(-c4ccccc4)cc4c2B3c2ccc(-n3c5ccccc5c5cc(C(C)(C)C)ccc53)cc2N4c2ccc(-c3ccc4c(c3)C(C)(C)CCC4(C)C)cc2)c1. The molecule has 0 N–H and O–H groups in total. The van der Waals surface area contributed by atoms with E-state index in [0.29, 0.717) is 0 Å². The minimum atomic E-state index is -0.103. The lowest BCUT2D eigenvalue weighted by Crippen LogP contribution is -2.61. The molecule has 11 aromatic carbocycles. The smallest absolute Gasteiger partial charge is 0.252 e. The molecule has 0 unspecified atom stereocenters. The van der Waals surface area contributed by atoms with Crippen LogP contribution in [0.4, 0.5) is 34.1 Å². The molecular formula is C90H88BN3. The first-order chi connectivity index (χ1) is 44.8. The van der Waals surface area contributed by atoms with E-state index in [1.807, 2.05) is 0 Å². The summed E-state index contributed by atoms with van der Waals surface area (Å²) < 4.78 is 2.52. The van der Waals surface area contributed by atoms with Crippen molar-refractivity contribution >= 4 is 79.0 Å². The second kappa shape index (κ2) is 21.2. The molecule has 2 aliphatic heterocycles. The van der Waals surface area contributed by atoms with Gasteiger partial charge in [0, 0.05) is 50.6 Å². The summed E-state index contributed by atoms with van der Waals surface area (Å²) in [6.45, 7) is 33.2. The Kier molecular flexibility index (Phi) is 13.5. The largest absolute Gasteiger partial charge is 0.311 e. The summed E-state index contributed by atoms with van der Waals surface area (Å²) in [7, 11) is 0. The first-order valence-electron chi connectivity index (χ1n) is 34.6. The van der Waals surface area contributed by atoms with Crippen LogP contribution < -0.4 is 26.2 Å². The van der Waals surface area contributed by atoms with Gasteiger partial charge in [0.05, 0.1) is 11.0 Å². The quantitative estimate of drug-likeness (QED) is 0.147. The van der Waals surface area contributed by atoms with E-state index in [0.717, 1.165) is 17.1 Å². The van der Waals surface area contributed by atoms with Crippen molar-refractivity contribution in [1.29, 1.82) is 0 Å². The Hall–Kier alpha value is -9.12. The van der Waals surface area contributed by atoms with Gasteiger partial charge in [0.15, 0.2) is 0 Å². The normalized spacial score (nSPS) is 16.5. The van der Waals surface area contributed by atoms with Gasteiger partial charge in [-0.3, -0.25) is 0 Å². The summed E-state index contributed by atoms with van der Waals surface area (Å²) in [6.07, 6.45) is 4.75. The molecule has 0 atom stereocenters. The molecule has 0 saturated carbocycles. The van der Waals surface area contributed by atoms with E-state index in [9.17, 15) is 0 Å². The van der Waals surface area contributed by atoms with E-state index >= 15 is 0 Å². The monoisotopic (exact) mass is 1220 g/mol. The summed E-state index contributed by atoms with van der Waals surface area (Å²) >= 11 is 0. The summed E-state index contributed by atoms with van der Waals surface area (Å²) in [5.41, 5.74) is 33.3. The van der Waals surface area contributed by atoms with Gasteiger partial charge in [-0.2, -0.15) is 0 Å². The van der Waals surface area contributed by atoms with Crippen LogP contribution >= 0.6 is 0 Å². The summed E-state index contributed by atoms with van der Waals surface area (Å²) in [6, 6.07) is 89.9. The average molecular weight is 1220 g/mol. The molecule has 0 radical (unpaired) electrons. The van der Waals surface area contributed by atoms with Crippen LogP contribution in [0.2, 0.25) is 0 Å². The Morgan fingerprint density at radius 1 is 0.298 bits per heavy atom. The van der Waals surface area contributed by atoms with E-state index in [4.69, 9.17) is 0 Å². The van der Waals surface area contributed by atoms with Crippen molar-refractivity contribution in [2.24, 2.45) is 0 Å². The number of nitrogens with zero attached hydrogens (tertiary/aromatic N) is 3. The van der Waals surface area contributed by atoms with Crippen LogP contribution in [0, 0.1) is 0 Å². The van der Waals surface area contributed by atoms with E-state index in [-0.39, 0.29) is 39.2 Å². The van der Waals surface area contributed by atoms with Gasteiger partial charge in [-0.1, -0.05) is 255 Å². The minimum absolute atomic E-state index is 0.00128. The van der Waals surface area contributed by atoms with Gasteiger partial charge < -0.3 is 14.4 Å². The Morgan fingerprint density at radius 3 is 1.28 bits per heavy atom. The zero-order valence-corrected chi connectivity index (χ0v) is 57.7. The van der Waals surface area contributed by atoms with Gasteiger partial charge >= 0.3 is 0 Å². The molecule has 94 heavy (non-hydrogen) atoms. The highest BCUT2D eigenvalue weighted by Crippen LogP contribution is 2.52. The number of hydrogen-bond donors (Lipinski definition) is 0. The number of rotatable bonds is 7. The Balaban J connectivity index is 0.944. The lowest BCUT2D eigenvalue weighted by atomic mass is 9.33. The summed E-state index contributed by atoms with van der Waals surface area (Å²) in [5, 5.41) is 2.54. The maximum Gasteiger partial charge on any atom is 0.252 e. The highest BCUT2D eigenvalue weighted by molar-refractivity contribution is 7.00. The Labute approximate surface area is 559 Å². The first-order valence-corrected chi connectivity index (χ1v) is 34.6. The van der Waals surface area contributed by atoms with Gasteiger partial charge in [0.2, 0.25) is 0 Å². The van der Waals surface area contributed by atoms with Crippen molar-refractivity contribution in [1.82, 2.24) is 4.57 Å². The molecule has 0 spiro atoms. The van der Waals surface area contributed by atoms with E-state index in [1.54, 1.807) is 0 Å². The fraction of sp³-hybridized carbons (Fsp3) is 0.267. The van der Waals surface area contributed by atoms with Crippen LogP contribution in [0.5, 0.6) is 0 Å². The van der Waals surface area contributed by atoms with E-state index in [2.05, 4.69) is 342 Å². The van der Waals surface area contributed by atoms with Crippen molar-refractivity contribution in [2.45, 2.75) is 155 Å². The lowest BCUT2D eigenvalue weighted by molar-refractivity contribution is 0.332.